The van der Waals surface area contributed by atoms with Crippen LogP contribution < -0.4 is 11.1 Å². The van der Waals surface area contributed by atoms with Crippen molar-refractivity contribution in [3.63, 3.8) is 0 Å². The summed E-state index contributed by atoms with van der Waals surface area (Å²) in [5.41, 5.74) is 5.74. The minimum Gasteiger partial charge on any atom is -0.370 e. The molecule has 1 aliphatic heterocycles. The number of primary amides is 1. The molecule has 0 aromatic heterocycles. The van der Waals surface area contributed by atoms with Gasteiger partial charge >= 0.3 is 0 Å². The van der Waals surface area contributed by atoms with E-state index in [4.69, 9.17) is 10.7 Å². The van der Waals surface area contributed by atoms with Crippen molar-refractivity contribution >= 4 is 11.9 Å². The van der Waals surface area contributed by atoms with Crippen LogP contribution in [-0.4, -0.2) is 42.9 Å². The first-order valence-corrected chi connectivity index (χ1v) is 8.84. The molecule has 2 aliphatic rings. The van der Waals surface area contributed by atoms with Gasteiger partial charge in [-0.2, -0.15) is 0 Å². The molecule has 1 atom stereocenters. The summed E-state index contributed by atoms with van der Waals surface area (Å²) < 4.78 is 0. The summed E-state index contributed by atoms with van der Waals surface area (Å²) in [5, 5.41) is 3.43. The highest BCUT2D eigenvalue weighted by Crippen LogP contribution is 2.37. The first-order valence-electron chi connectivity index (χ1n) is 8.84. The van der Waals surface area contributed by atoms with Crippen LogP contribution in [0.15, 0.2) is 4.99 Å². The van der Waals surface area contributed by atoms with Gasteiger partial charge in [-0.05, 0) is 43.9 Å². The van der Waals surface area contributed by atoms with Crippen LogP contribution in [0.5, 0.6) is 0 Å². The summed E-state index contributed by atoms with van der Waals surface area (Å²) in [6.45, 7) is 8.18. The summed E-state index contributed by atoms with van der Waals surface area (Å²) in [5.74, 6) is 1.20. The molecule has 1 aliphatic carbocycles. The van der Waals surface area contributed by atoms with E-state index < -0.39 is 0 Å². The number of piperidine rings is 1. The smallest absolute Gasteiger partial charge is 0.217 e. The zero-order valence-electron chi connectivity index (χ0n) is 14.2. The third-order valence-electron chi connectivity index (χ3n) is 5.06. The molecule has 126 valence electrons. The topological polar surface area (TPSA) is 70.7 Å². The maximum atomic E-state index is 11.2. The zero-order chi connectivity index (χ0) is 16.0. The van der Waals surface area contributed by atoms with Crippen LogP contribution in [0.3, 0.4) is 0 Å². The molecule has 1 heterocycles. The zero-order valence-corrected chi connectivity index (χ0v) is 14.2. The van der Waals surface area contributed by atoms with Gasteiger partial charge in [-0.25, -0.2) is 0 Å². The quantitative estimate of drug-likeness (QED) is 0.604. The number of hydrogen-bond donors (Lipinski definition) is 2. The van der Waals surface area contributed by atoms with Gasteiger partial charge < -0.3 is 16.0 Å². The average molecular weight is 308 g/mol. The van der Waals surface area contributed by atoms with E-state index in [0.29, 0.717) is 17.8 Å². The van der Waals surface area contributed by atoms with Crippen molar-refractivity contribution in [1.82, 2.24) is 10.2 Å². The van der Waals surface area contributed by atoms with Crippen LogP contribution in [0.1, 0.15) is 58.8 Å². The molecule has 0 radical (unpaired) electrons. The van der Waals surface area contributed by atoms with Crippen LogP contribution >= 0.6 is 0 Å². The molecule has 1 saturated carbocycles. The van der Waals surface area contributed by atoms with E-state index in [-0.39, 0.29) is 5.91 Å². The molecule has 3 N–H and O–H groups in total. The Morgan fingerprint density at radius 1 is 1.36 bits per heavy atom. The lowest BCUT2D eigenvalue weighted by Gasteiger charge is -2.35. The number of likely N-dealkylation sites (tertiary alicyclic amines) is 1. The van der Waals surface area contributed by atoms with Crippen molar-refractivity contribution in [2.24, 2.45) is 22.1 Å². The molecule has 22 heavy (non-hydrogen) atoms. The average Bonchev–Trinajstić information content (AvgIpc) is 2.90. The molecular weight excluding hydrogens is 276 g/mol. The number of nitrogens with zero attached hydrogens (tertiary/aromatic N) is 2. The lowest BCUT2D eigenvalue weighted by atomic mass is 9.89. The molecule has 0 bridgehead atoms. The molecular formula is C17H32N4O. The fourth-order valence-electron chi connectivity index (χ4n) is 3.79. The van der Waals surface area contributed by atoms with E-state index in [0.717, 1.165) is 45.0 Å². The van der Waals surface area contributed by atoms with Gasteiger partial charge in [0.25, 0.3) is 0 Å². The predicted octanol–water partition coefficient (Wildman–Crippen LogP) is 2.12. The minimum absolute atomic E-state index is 0.188. The molecule has 0 aromatic carbocycles. The standard InChI is InChI=1S/C17H32N4O/c1-3-19-16(20-13-17(2)8-4-5-9-17)21-10-6-7-14(12-21)11-15(18)22/h14H,3-13H2,1-2H3,(H2,18,22)(H,19,20). The first kappa shape index (κ1) is 17.1. The van der Waals surface area contributed by atoms with Crippen molar-refractivity contribution in [2.75, 3.05) is 26.2 Å². The highest BCUT2D eigenvalue weighted by molar-refractivity contribution is 5.80. The van der Waals surface area contributed by atoms with Gasteiger partial charge in [-0.3, -0.25) is 9.79 Å². The van der Waals surface area contributed by atoms with Crippen molar-refractivity contribution in [3.8, 4) is 0 Å². The van der Waals surface area contributed by atoms with E-state index >= 15 is 0 Å². The Balaban J connectivity index is 1.98. The van der Waals surface area contributed by atoms with Crippen LogP contribution in [0.2, 0.25) is 0 Å². The molecule has 1 unspecified atom stereocenters. The second-order valence-electron chi connectivity index (χ2n) is 7.31. The summed E-state index contributed by atoms with van der Waals surface area (Å²) in [4.78, 5) is 18.4. The van der Waals surface area contributed by atoms with Crippen LogP contribution in [-0.2, 0) is 4.79 Å². The molecule has 5 nitrogen and oxygen atoms in total. The number of nitrogens with two attached hydrogens (primary N) is 1. The maximum Gasteiger partial charge on any atom is 0.217 e. The Bertz CT molecular complexity index is 401. The maximum absolute atomic E-state index is 11.2. The molecule has 1 amide bonds. The molecule has 2 rings (SSSR count). The number of nitrogens with one attached hydrogen (secondary N) is 1. The molecule has 2 fully saturated rings. The monoisotopic (exact) mass is 308 g/mol. The number of aliphatic imine (C=N–C) groups is 1. The molecule has 0 aromatic rings. The number of guanidine groups is 1. The Hall–Kier alpha value is -1.26. The minimum atomic E-state index is -0.188. The van der Waals surface area contributed by atoms with Crippen molar-refractivity contribution in [3.05, 3.63) is 0 Å². The first-order chi connectivity index (χ1) is 10.5. The predicted molar refractivity (Wildman–Crippen MR) is 90.7 cm³/mol. The van der Waals surface area contributed by atoms with Crippen LogP contribution in [0.25, 0.3) is 0 Å². The molecule has 0 spiro atoms. The normalized spacial score (nSPS) is 25.3. The van der Waals surface area contributed by atoms with Gasteiger partial charge in [0.05, 0.1) is 0 Å². The Morgan fingerprint density at radius 2 is 2.09 bits per heavy atom. The van der Waals surface area contributed by atoms with Gasteiger partial charge in [0, 0.05) is 32.6 Å². The largest absolute Gasteiger partial charge is 0.370 e. The fourth-order valence-corrected chi connectivity index (χ4v) is 3.79. The van der Waals surface area contributed by atoms with Crippen molar-refractivity contribution in [1.29, 1.82) is 0 Å². The summed E-state index contributed by atoms with van der Waals surface area (Å²) in [6.07, 6.45) is 7.96. The van der Waals surface area contributed by atoms with E-state index in [1.807, 2.05) is 0 Å². The van der Waals surface area contributed by atoms with Gasteiger partial charge in [0.15, 0.2) is 5.96 Å². The molecule has 5 heteroatoms. The van der Waals surface area contributed by atoms with Gasteiger partial charge in [0.1, 0.15) is 0 Å². The summed E-state index contributed by atoms with van der Waals surface area (Å²) >= 11 is 0. The van der Waals surface area contributed by atoms with E-state index in [1.165, 1.54) is 25.7 Å². The number of amides is 1. The van der Waals surface area contributed by atoms with Gasteiger partial charge in [0.2, 0.25) is 5.91 Å². The van der Waals surface area contributed by atoms with E-state index in [9.17, 15) is 4.79 Å². The number of carbonyl (C=O) groups is 1. The third-order valence-corrected chi connectivity index (χ3v) is 5.06. The Labute approximate surface area is 134 Å². The number of carbonyl (C=O) groups excluding carboxylic acids is 1. The highest BCUT2D eigenvalue weighted by atomic mass is 16.1. The Kier molecular flexibility index (Phi) is 6.09. The fraction of sp³-hybridized carbons (Fsp3) is 0.882. The SMILES string of the molecule is CCNC(=NCC1(C)CCCC1)N1CCCC(CC(N)=O)C1. The number of rotatable bonds is 5. The van der Waals surface area contributed by atoms with Crippen molar-refractivity contribution in [2.45, 2.75) is 58.8 Å². The second kappa shape index (κ2) is 7.84. The lowest BCUT2D eigenvalue weighted by molar-refractivity contribution is -0.119. The van der Waals surface area contributed by atoms with Crippen LogP contribution in [0, 0.1) is 11.3 Å². The van der Waals surface area contributed by atoms with E-state index in [1.54, 1.807) is 0 Å². The molecule has 1 saturated heterocycles. The second-order valence-corrected chi connectivity index (χ2v) is 7.31. The lowest BCUT2D eigenvalue weighted by Crippen LogP contribution is -2.47. The van der Waals surface area contributed by atoms with Crippen molar-refractivity contribution < 1.29 is 4.79 Å². The van der Waals surface area contributed by atoms with Crippen LogP contribution in [0.4, 0.5) is 0 Å². The third kappa shape index (κ3) is 4.89. The van der Waals surface area contributed by atoms with Gasteiger partial charge in [-0.15, -0.1) is 0 Å². The summed E-state index contributed by atoms with van der Waals surface area (Å²) in [6, 6.07) is 0. The van der Waals surface area contributed by atoms with E-state index in [2.05, 4.69) is 24.1 Å². The Morgan fingerprint density at radius 3 is 2.73 bits per heavy atom. The summed E-state index contributed by atoms with van der Waals surface area (Å²) in [7, 11) is 0. The number of hydrogen-bond acceptors (Lipinski definition) is 2. The highest BCUT2D eigenvalue weighted by Gasteiger charge is 2.29. The van der Waals surface area contributed by atoms with Gasteiger partial charge in [-0.1, -0.05) is 19.8 Å².